The molecule has 1 aliphatic heterocycles. The van der Waals surface area contributed by atoms with E-state index in [-0.39, 0.29) is 17.3 Å². The van der Waals surface area contributed by atoms with Crippen LogP contribution in [-0.4, -0.2) is 28.9 Å². The van der Waals surface area contributed by atoms with Gasteiger partial charge in [0, 0.05) is 12.1 Å². The van der Waals surface area contributed by atoms with E-state index in [1.165, 1.54) is 12.1 Å². The number of carbonyl (C=O) groups excluding carboxylic acids is 1. The fraction of sp³-hybridized carbons (Fsp3) is 0.375. The molecule has 154 valence electrons. The lowest BCUT2D eigenvalue weighted by molar-refractivity contribution is 0.101. The van der Waals surface area contributed by atoms with Crippen molar-refractivity contribution in [3.05, 3.63) is 64.7 Å². The van der Waals surface area contributed by atoms with Crippen molar-refractivity contribution < 1.29 is 19.0 Å². The van der Waals surface area contributed by atoms with E-state index < -0.39 is 5.82 Å². The third-order valence-corrected chi connectivity index (χ3v) is 5.15. The number of Topliss-reactive ketones (excluding diaryl/α,β-unsaturated/α-hetero) is 1. The number of unbranched alkanes of at least 4 members (excludes halogenated alkanes) is 2. The van der Waals surface area contributed by atoms with Gasteiger partial charge in [0.2, 0.25) is 5.78 Å². The molecule has 3 rings (SSSR count). The number of nitrogens with zero attached hydrogens (tertiary/aromatic N) is 1. The van der Waals surface area contributed by atoms with Gasteiger partial charge in [0.1, 0.15) is 17.3 Å². The van der Waals surface area contributed by atoms with E-state index >= 15 is 0 Å². The molecule has 1 N–H and O–H groups in total. The Morgan fingerprint density at radius 1 is 1.07 bits per heavy atom. The van der Waals surface area contributed by atoms with Crippen LogP contribution in [0.4, 0.5) is 4.39 Å². The zero-order valence-electron chi connectivity index (χ0n) is 17.1. The topological polar surface area (TPSA) is 49.8 Å². The number of fused-ring (bicyclic) bond motifs is 1. The molecule has 1 aliphatic rings. The maximum Gasteiger partial charge on any atom is 0.231 e. The van der Waals surface area contributed by atoms with Crippen molar-refractivity contribution in [2.75, 3.05) is 13.1 Å². The predicted molar refractivity (Wildman–Crippen MR) is 113 cm³/mol. The minimum absolute atomic E-state index is 0.0746. The van der Waals surface area contributed by atoms with Crippen molar-refractivity contribution in [2.45, 2.75) is 46.1 Å². The van der Waals surface area contributed by atoms with Gasteiger partial charge in [-0.2, -0.15) is 0 Å². The highest BCUT2D eigenvalue weighted by Crippen LogP contribution is 2.40. The lowest BCUT2D eigenvalue weighted by Crippen LogP contribution is -2.25. The van der Waals surface area contributed by atoms with Gasteiger partial charge in [0.15, 0.2) is 5.76 Å². The SMILES string of the molecule is CCCCN(CCCC)Cc1c(O)ccc2c1O/C(=C/c1ccccc1F)C2=O. The highest BCUT2D eigenvalue weighted by Gasteiger charge is 2.31. The number of carbonyl (C=O) groups is 1. The molecule has 1 heterocycles. The first kappa shape index (κ1) is 21.1. The Labute approximate surface area is 171 Å². The zero-order chi connectivity index (χ0) is 20.8. The molecule has 0 fully saturated rings. The number of phenolic OH excluding ortho intramolecular Hbond substituents is 1. The summed E-state index contributed by atoms with van der Waals surface area (Å²) in [5.74, 6) is -0.137. The average molecular weight is 397 g/mol. The summed E-state index contributed by atoms with van der Waals surface area (Å²) in [4.78, 5) is 15.1. The van der Waals surface area contributed by atoms with Crippen molar-refractivity contribution in [1.82, 2.24) is 4.90 Å². The number of hydrogen-bond acceptors (Lipinski definition) is 4. The van der Waals surface area contributed by atoms with Crippen LogP contribution in [0.2, 0.25) is 0 Å². The number of ketones is 1. The van der Waals surface area contributed by atoms with Crippen LogP contribution in [0.1, 0.15) is 61.0 Å². The molecule has 0 bridgehead atoms. The molecule has 0 saturated heterocycles. The first-order chi connectivity index (χ1) is 14.0. The summed E-state index contributed by atoms with van der Waals surface area (Å²) in [6.45, 7) is 6.65. The van der Waals surface area contributed by atoms with Crippen LogP contribution < -0.4 is 4.74 Å². The summed E-state index contributed by atoms with van der Waals surface area (Å²) in [5, 5.41) is 10.5. The number of aromatic hydroxyl groups is 1. The number of ether oxygens (including phenoxy) is 1. The van der Waals surface area contributed by atoms with Crippen molar-refractivity contribution in [3.63, 3.8) is 0 Å². The fourth-order valence-electron chi connectivity index (χ4n) is 3.44. The minimum Gasteiger partial charge on any atom is -0.507 e. The molecule has 0 radical (unpaired) electrons. The van der Waals surface area contributed by atoms with Crippen molar-refractivity contribution in [1.29, 1.82) is 0 Å². The number of hydrogen-bond donors (Lipinski definition) is 1. The average Bonchev–Trinajstić information content (AvgIpc) is 3.03. The molecule has 2 aromatic rings. The molecule has 0 aromatic heterocycles. The molecule has 0 spiro atoms. The van der Waals surface area contributed by atoms with Crippen LogP contribution in [0, 0.1) is 5.82 Å². The van der Waals surface area contributed by atoms with Crippen LogP contribution in [-0.2, 0) is 6.54 Å². The third-order valence-electron chi connectivity index (χ3n) is 5.15. The van der Waals surface area contributed by atoms with Gasteiger partial charge in [-0.1, -0.05) is 44.9 Å². The maximum atomic E-state index is 14.0. The van der Waals surface area contributed by atoms with Crippen molar-refractivity contribution in [3.8, 4) is 11.5 Å². The third kappa shape index (κ3) is 4.85. The van der Waals surface area contributed by atoms with Gasteiger partial charge in [0.25, 0.3) is 0 Å². The number of halogens is 1. The van der Waals surface area contributed by atoms with Gasteiger partial charge in [-0.3, -0.25) is 9.69 Å². The summed E-state index contributed by atoms with van der Waals surface area (Å²) < 4.78 is 19.9. The van der Waals surface area contributed by atoms with Gasteiger partial charge < -0.3 is 9.84 Å². The Bertz CT molecular complexity index is 899. The minimum atomic E-state index is -0.416. The molecule has 2 aromatic carbocycles. The molecule has 0 aliphatic carbocycles. The summed E-state index contributed by atoms with van der Waals surface area (Å²) >= 11 is 0. The molecule has 0 saturated carbocycles. The number of phenols is 1. The first-order valence-corrected chi connectivity index (χ1v) is 10.3. The summed E-state index contributed by atoms with van der Waals surface area (Å²) in [6, 6.07) is 9.35. The van der Waals surface area contributed by atoms with Gasteiger partial charge in [-0.05, 0) is 50.2 Å². The number of allylic oxidation sites excluding steroid dienone is 1. The quantitative estimate of drug-likeness (QED) is 0.564. The Balaban J connectivity index is 1.90. The molecule has 29 heavy (non-hydrogen) atoms. The lowest BCUT2D eigenvalue weighted by atomic mass is 10.0. The summed E-state index contributed by atoms with van der Waals surface area (Å²) in [7, 11) is 0. The van der Waals surface area contributed by atoms with E-state index in [1.54, 1.807) is 30.3 Å². The Hall–Kier alpha value is -2.66. The predicted octanol–water partition coefficient (Wildman–Crippen LogP) is 5.55. The van der Waals surface area contributed by atoms with Gasteiger partial charge in [-0.15, -0.1) is 0 Å². The van der Waals surface area contributed by atoms with Gasteiger partial charge >= 0.3 is 0 Å². The molecule has 5 heteroatoms. The standard InChI is InChI=1S/C24H28FNO3/c1-3-5-13-26(14-6-4-2)16-19-21(27)12-11-18-23(28)22(29-24(18)19)15-17-9-7-8-10-20(17)25/h7-12,15,27H,3-6,13-14,16H2,1-2H3/b22-15+. The largest absolute Gasteiger partial charge is 0.507 e. The number of benzene rings is 2. The van der Waals surface area contributed by atoms with Gasteiger partial charge in [0.05, 0.1) is 11.1 Å². The van der Waals surface area contributed by atoms with Crippen LogP contribution in [0.15, 0.2) is 42.2 Å². The van der Waals surface area contributed by atoms with Gasteiger partial charge in [-0.25, -0.2) is 4.39 Å². The highest BCUT2D eigenvalue weighted by atomic mass is 19.1. The monoisotopic (exact) mass is 397 g/mol. The lowest BCUT2D eigenvalue weighted by Gasteiger charge is -2.23. The van der Waals surface area contributed by atoms with Crippen LogP contribution in [0.25, 0.3) is 6.08 Å². The Morgan fingerprint density at radius 3 is 2.41 bits per heavy atom. The van der Waals surface area contributed by atoms with Crippen molar-refractivity contribution >= 4 is 11.9 Å². The van der Waals surface area contributed by atoms with Crippen LogP contribution in [0.5, 0.6) is 11.5 Å². The van der Waals surface area contributed by atoms with Crippen LogP contribution in [0.3, 0.4) is 0 Å². The molecular formula is C24H28FNO3. The molecular weight excluding hydrogens is 369 g/mol. The highest BCUT2D eigenvalue weighted by molar-refractivity contribution is 6.15. The van der Waals surface area contributed by atoms with Crippen LogP contribution >= 0.6 is 0 Å². The summed E-state index contributed by atoms with van der Waals surface area (Å²) in [5.41, 5.74) is 1.31. The molecule has 0 unspecified atom stereocenters. The molecule has 0 amide bonds. The summed E-state index contributed by atoms with van der Waals surface area (Å²) in [6.07, 6.45) is 5.73. The van der Waals surface area contributed by atoms with E-state index in [0.717, 1.165) is 38.8 Å². The molecule has 4 nitrogen and oxygen atoms in total. The van der Waals surface area contributed by atoms with E-state index in [9.17, 15) is 14.3 Å². The fourth-order valence-corrected chi connectivity index (χ4v) is 3.44. The normalized spacial score (nSPS) is 14.5. The Kier molecular flexibility index (Phi) is 7.04. The second kappa shape index (κ2) is 9.70. The zero-order valence-corrected chi connectivity index (χ0v) is 17.1. The van der Waals surface area contributed by atoms with Crippen molar-refractivity contribution in [2.24, 2.45) is 0 Å². The first-order valence-electron chi connectivity index (χ1n) is 10.3. The van der Waals surface area contributed by atoms with E-state index in [2.05, 4.69) is 18.7 Å². The smallest absolute Gasteiger partial charge is 0.231 e. The van der Waals surface area contributed by atoms with E-state index in [1.807, 2.05) is 0 Å². The Morgan fingerprint density at radius 2 is 1.76 bits per heavy atom. The maximum absolute atomic E-state index is 14.0. The second-order valence-electron chi connectivity index (χ2n) is 7.38. The number of rotatable bonds is 9. The van der Waals surface area contributed by atoms with E-state index in [4.69, 9.17) is 4.74 Å². The molecule has 0 atom stereocenters. The van der Waals surface area contributed by atoms with E-state index in [0.29, 0.717) is 29.0 Å². The second-order valence-corrected chi connectivity index (χ2v) is 7.38.